The molecule has 0 bridgehead atoms. The van der Waals surface area contributed by atoms with Gasteiger partial charge in [0, 0.05) is 37.1 Å². The third kappa shape index (κ3) is 10.1. The van der Waals surface area contributed by atoms with Gasteiger partial charge in [-0.05, 0) is 76.3 Å². The maximum Gasteiger partial charge on any atom is 0.323 e. The molecular formula is C34H46N2O8. The molecule has 1 amide bonds. The van der Waals surface area contributed by atoms with E-state index >= 15 is 0 Å². The molecule has 2 aromatic rings. The summed E-state index contributed by atoms with van der Waals surface area (Å²) in [5.74, 6) is -1.14. The summed E-state index contributed by atoms with van der Waals surface area (Å²) in [5, 5.41) is 21.1. The zero-order chi connectivity index (χ0) is 31.7. The highest BCUT2D eigenvalue weighted by molar-refractivity contribution is 5.90. The summed E-state index contributed by atoms with van der Waals surface area (Å²) in [7, 11) is 0. The van der Waals surface area contributed by atoms with Gasteiger partial charge in [0.25, 0.3) is 0 Å². The number of carbonyl (C=O) groups is 3. The van der Waals surface area contributed by atoms with Crippen LogP contribution in [0.4, 0.5) is 5.69 Å². The molecule has 0 saturated carbocycles. The third-order valence-corrected chi connectivity index (χ3v) is 7.86. The van der Waals surface area contributed by atoms with Crippen molar-refractivity contribution in [2.45, 2.75) is 109 Å². The number of carboxylic acids is 1. The number of aliphatic hydroxyl groups is 1. The van der Waals surface area contributed by atoms with E-state index in [1.165, 1.54) is 0 Å². The predicted octanol–water partition coefficient (Wildman–Crippen LogP) is 5.50. The van der Waals surface area contributed by atoms with Gasteiger partial charge < -0.3 is 29.7 Å². The predicted molar refractivity (Wildman–Crippen MR) is 165 cm³/mol. The van der Waals surface area contributed by atoms with Crippen LogP contribution in [0.2, 0.25) is 0 Å². The Balaban J connectivity index is 1.42. The van der Waals surface area contributed by atoms with E-state index in [0.29, 0.717) is 44.3 Å². The largest absolute Gasteiger partial charge is 0.481 e. The molecule has 10 heteroatoms. The molecule has 0 aliphatic carbocycles. The van der Waals surface area contributed by atoms with Crippen molar-refractivity contribution in [2.75, 3.05) is 18.4 Å². The zero-order valence-corrected chi connectivity index (χ0v) is 26.0. The molecule has 10 nitrogen and oxygen atoms in total. The first-order valence-electron chi connectivity index (χ1n) is 15.6. The number of anilines is 1. The van der Waals surface area contributed by atoms with Crippen molar-refractivity contribution in [1.82, 2.24) is 4.90 Å². The number of aliphatic hydroxyl groups excluding tert-OH is 1. The monoisotopic (exact) mass is 610 g/mol. The first-order valence-corrected chi connectivity index (χ1v) is 15.6. The van der Waals surface area contributed by atoms with E-state index in [1.54, 1.807) is 0 Å². The fourth-order valence-corrected chi connectivity index (χ4v) is 5.66. The minimum atomic E-state index is -0.821. The Labute approximate surface area is 259 Å². The van der Waals surface area contributed by atoms with E-state index in [9.17, 15) is 19.5 Å². The topological polar surface area (TPSA) is 135 Å². The SMILES string of the molecule is CC(C)(C)OC(=O)C1CCCN1CC1CC(c2ccc(CO)cc2)OC(c2ccc(NC(=O)CCCCCC(=O)O)cc2)O1. The summed E-state index contributed by atoms with van der Waals surface area (Å²) >= 11 is 0. The number of likely N-dealkylation sites (tertiary alicyclic amines) is 1. The normalized spacial score (nSPS) is 22.5. The molecule has 2 aliphatic rings. The second-order valence-corrected chi connectivity index (χ2v) is 12.7. The van der Waals surface area contributed by atoms with Crippen LogP contribution in [0.15, 0.2) is 48.5 Å². The summed E-state index contributed by atoms with van der Waals surface area (Å²) < 4.78 is 18.7. The van der Waals surface area contributed by atoms with Crippen LogP contribution in [0.5, 0.6) is 0 Å². The standard InChI is InChI=1S/C34H46N2O8/c1-34(2,3)44-32(41)28-8-7-19-36(28)21-27-20-29(24-13-11-23(22-37)12-14-24)43-33(42-27)25-15-17-26(18-16-25)35-30(38)9-5-4-6-10-31(39)40/h11-18,27-29,33,37H,4-10,19-22H2,1-3H3,(H,35,38)(H,39,40). The third-order valence-electron chi connectivity index (χ3n) is 7.86. The lowest BCUT2D eigenvalue weighted by Crippen LogP contribution is -2.45. The zero-order valence-electron chi connectivity index (χ0n) is 26.0. The number of nitrogens with zero attached hydrogens (tertiary/aromatic N) is 1. The Kier molecular flexibility index (Phi) is 11.9. The van der Waals surface area contributed by atoms with Crippen LogP contribution in [0.25, 0.3) is 0 Å². The molecule has 2 heterocycles. The van der Waals surface area contributed by atoms with Crippen molar-refractivity contribution in [3.05, 3.63) is 65.2 Å². The lowest BCUT2D eigenvalue weighted by atomic mass is 9.99. The Hall–Kier alpha value is -3.31. The highest BCUT2D eigenvalue weighted by Gasteiger charge is 2.38. The molecule has 0 aromatic heterocycles. The van der Waals surface area contributed by atoms with Crippen LogP contribution >= 0.6 is 0 Å². The van der Waals surface area contributed by atoms with Crippen LogP contribution in [-0.4, -0.2) is 63.8 Å². The first kappa shape index (κ1) is 33.6. The average molecular weight is 611 g/mol. The van der Waals surface area contributed by atoms with Crippen LogP contribution in [-0.2, 0) is 35.2 Å². The summed E-state index contributed by atoms with van der Waals surface area (Å²) in [4.78, 5) is 38.1. The molecule has 3 N–H and O–H groups in total. The Morgan fingerprint density at radius 1 is 0.955 bits per heavy atom. The first-order chi connectivity index (χ1) is 21.0. The molecule has 240 valence electrons. The molecule has 0 radical (unpaired) electrons. The van der Waals surface area contributed by atoms with Gasteiger partial charge in [0.1, 0.15) is 11.6 Å². The van der Waals surface area contributed by atoms with E-state index in [2.05, 4.69) is 10.2 Å². The molecule has 2 fully saturated rings. The quantitative estimate of drug-likeness (QED) is 0.198. The number of hydrogen-bond donors (Lipinski definition) is 3. The van der Waals surface area contributed by atoms with Crippen LogP contribution < -0.4 is 5.32 Å². The average Bonchev–Trinajstić information content (AvgIpc) is 3.44. The fraction of sp³-hybridized carbons (Fsp3) is 0.559. The van der Waals surface area contributed by atoms with Gasteiger partial charge in [0.15, 0.2) is 6.29 Å². The number of unbranched alkanes of at least 4 members (excludes halogenated alkanes) is 2. The lowest BCUT2D eigenvalue weighted by Gasteiger charge is -2.38. The van der Waals surface area contributed by atoms with Gasteiger partial charge in [0.2, 0.25) is 5.91 Å². The van der Waals surface area contributed by atoms with Crippen LogP contribution in [0, 0.1) is 0 Å². The van der Waals surface area contributed by atoms with E-state index in [4.69, 9.17) is 19.3 Å². The maximum absolute atomic E-state index is 13.0. The summed E-state index contributed by atoms with van der Waals surface area (Å²) in [6, 6.07) is 14.8. The van der Waals surface area contributed by atoms with E-state index in [0.717, 1.165) is 36.1 Å². The van der Waals surface area contributed by atoms with Gasteiger partial charge in [0.05, 0.1) is 18.8 Å². The minimum absolute atomic E-state index is 0.0329. The number of esters is 1. The molecule has 4 rings (SSSR count). The molecule has 2 aromatic carbocycles. The summed E-state index contributed by atoms with van der Waals surface area (Å²) in [6.45, 7) is 6.96. The van der Waals surface area contributed by atoms with E-state index in [-0.39, 0.29) is 43.2 Å². The van der Waals surface area contributed by atoms with Crippen molar-refractivity contribution in [3.8, 4) is 0 Å². The molecule has 44 heavy (non-hydrogen) atoms. The van der Waals surface area contributed by atoms with Crippen LogP contribution in [0.3, 0.4) is 0 Å². The number of hydrogen-bond acceptors (Lipinski definition) is 8. The summed E-state index contributed by atoms with van der Waals surface area (Å²) in [5.41, 5.74) is 2.72. The smallest absolute Gasteiger partial charge is 0.323 e. The molecule has 4 atom stereocenters. The van der Waals surface area contributed by atoms with Crippen molar-refractivity contribution in [2.24, 2.45) is 0 Å². The van der Waals surface area contributed by atoms with Gasteiger partial charge in [-0.1, -0.05) is 42.8 Å². The number of carboxylic acid groups (broad SMARTS) is 1. The second-order valence-electron chi connectivity index (χ2n) is 12.7. The highest BCUT2D eigenvalue weighted by Crippen LogP contribution is 2.39. The molecule has 2 aliphatic heterocycles. The Morgan fingerprint density at radius 2 is 1.64 bits per heavy atom. The van der Waals surface area contributed by atoms with E-state index in [1.807, 2.05) is 69.3 Å². The molecule has 0 spiro atoms. The van der Waals surface area contributed by atoms with Crippen LogP contribution in [0.1, 0.15) is 101 Å². The Morgan fingerprint density at radius 3 is 2.30 bits per heavy atom. The lowest BCUT2D eigenvalue weighted by molar-refractivity contribution is -0.253. The van der Waals surface area contributed by atoms with Gasteiger partial charge in [-0.2, -0.15) is 0 Å². The second kappa shape index (κ2) is 15.6. The number of benzene rings is 2. The van der Waals surface area contributed by atoms with E-state index < -0.39 is 17.9 Å². The van der Waals surface area contributed by atoms with Crippen molar-refractivity contribution >= 4 is 23.5 Å². The maximum atomic E-state index is 13.0. The number of nitrogens with one attached hydrogen (secondary N) is 1. The van der Waals surface area contributed by atoms with Crippen molar-refractivity contribution in [3.63, 3.8) is 0 Å². The van der Waals surface area contributed by atoms with Gasteiger partial charge in [-0.15, -0.1) is 0 Å². The van der Waals surface area contributed by atoms with Gasteiger partial charge >= 0.3 is 11.9 Å². The molecule has 4 unspecified atom stereocenters. The molecule has 2 saturated heterocycles. The van der Waals surface area contributed by atoms with Crippen molar-refractivity contribution < 1.29 is 38.8 Å². The molecular weight excluding hydrogens is 564 g/mol. The number of rotatable bonds is 13. The number of aliphatic carboxylic acids is 1. The number of amides is 1. The highest BCUT2D eigenvalue weighted by atomic mass is 16.7. The fourth-order valence-electron chi connectivity index (χ4n) is 5.66. The van der Waals surface area contributed by atoms with Gasteiger partial charge in [-0.3, -0.25) is 19.3 Å². The summed E-state index contributed by atoms with van der Waals surface area (Å²) in [6.07, 6.45) is 3.49. The van der Waals surface area contributed by atoms with Gasteiger partial charge in [-0.25, -0.2) is 0 Å². The minimum Gasteiger partial charge on any atom is -0.481 e. The Bertz CT molecular complexity index is 1240. The van der Waals surface area contributed by atoms with Crippen molar-refractivity contribution in [1.29, 1.82) is 0 Å². The number of carbonyl (C=O) groups excluding carboxylic acids is 2. The number of ether oxygens (including phenoxy) is 3.